The topological polar surface area (TPSA) is 94.2 Å². The smallest absolute Gasteiger partial charge is 0.354 e. The van der Waals surface area contributed by atoms with Crippen LogP contribution in [0.2, 0.25) is 5.02 Å². The van der Waals surface area contributed by atoms with Gasteiger partial charge in [-0.15, -0.1) is 0 Å². The van der Waals surface area contributed by atoms with Crippen LogP contribution in [0.5, 0.6) is 0 Å². The number of aryl methyl sites for hydroxylation is 2. The summed E-state index contributed by atoms with van der Waals surface area (Å²) in [5.74, 6) is -1.15. The molecule has 110 valence electrons. The Morgan fingerprint density at radius 3 is 2.43 bits per heavy atom. The zero-order chi connectivity index (χ0) is 15.6. The second-order valence-electron chi connectivity index (χ2n) is 4.61. The van der Waals surface area contributed by atoms with Gasteiger partial charge in [-0.25, -0.2) is 9.59 Å². The summed E-state index contributed by atoms with van der Waals surface area (Å²) in [5, 5.41) is 14.5. The molecular formula is C14H14ClN3O3. The molecule has 0 radical (unpaired) electrons. The van der Waals surface area contributed by atoms with Crippen molar-refractivity contribution in [3.05, 3.63) is 46.2 Å². The molecule has 0 atom stereocenters. The quantitative estimate of drug-likeness (QED) is 0.697. The Balaban J connectivity index is 2.13. The molecule has 2 rings (SSSR count). The van der Waals surface area contributed by atoms with Crippen molar-refractivity contribution in [2.75, 3.05) is 10.6 Å². The number of aromatic carboxylic acids is 1. The first-order valence-electron chi connectivity index (χ1n) is 6.14. The number of carbonyl (C=O) groups is 2. The Morgan fingerprint density at radius 2 is 1.81 bits per heavy atom. The minimum absolute atomic E-state index is 0.0716. The lowest BCUT2D eigenvalue weighted by molar-refractivity contribution is 0.0692. The third-order valence-electron chi connectivity index (χ3n) is 2.79. The van der Waals surface area contributed by atoms with Crippen molar-refractivity contribution in [3.63, 3.8) is 0 Å². The molecule has 0 saturated carbocycles. The Labute approximate surface area is 126 Å². The van der Waals surface area contributed by atoms with Crippen molar-refractivity contribution in [1.29, 1.82) is 0 Å². The average molecular weight is 308 g/mol. The fourth-order valence-electron chi connectivity index (χ4n) is 1.85. The van der Waals surface area contributed by atoms with E-state index >= 15 is 0 Å². The third kappa shape index (κ3) is 3.55. The summed E-state index contributed by atoms with van der Waals surface area (Å²) in [5.41, 5.74) is 2.18. The number of hydrogen-bond donors (Lipinski definition) is 4. The maximum Gasteiger partial charge on any atom is 0.354 e. The second-order valence-corrected chi connectivity index (χ2v) is 5.02. The van der Waals surface area contributed by atoms with E-state index in [1.165, 1.54) is 0 Å². The van der Waals surface area contributed by atoms with Gasteiger partial charge in [-0.1, -0.05) is 17.7 Å². The van der Waals surface area contributed by atoms with E-state index < -0.39 is 12.0 Å². The predicted octanol–water partition coefficient (Wildman–Crippen LogP) is 3.63. The summed E-state index contributed by atoms with van der Waals surface area (Å²) in [6.45, 7) is 3.59. The molecule has 1 aromatic carbocycles. The van der Waals surface area contributed by atoms with E-state index in [0.29, 0.717) is 16.4 Å². The third-order valence-corrected chi connectivity index (χ3v) is 3.10. The highest BCUT2D eigenvalue weighted by Gasteiger charge is 2.15. The second kappa shape index (κ2) is 5.88. The average Bonchev–Trinajstić information content (AvgIpc) is 2.74. The minimum Gasteiger partial charge on any atom is -0.477 e. The molecule has 2 aromatic rings. The van der Waals surface area contributed by atoms with Gasteiger partial charge in [0.25, 0.3) is 0 Å². The van der Waals surface area contributed by atoms with Gasteiger partial charge in [0, 0.05) is 5.69 Å². The summed E-state index contributed by atoms with van der Waals surface area (Å²) in [7, 11) is 0. The molecule has 0 unspecified atom stereocenters. The van der Waals surface area contributed by atoms with Crippen molar-refractivity contribution in [2.45, 2.75) is 13.8 Å². The van der Waals surface area contributed by atoms with Crippen molar-refractivity contribution >= 4 is 35.0 Å². The minimum atomic E-state index is -1.15. The molecule has 0 aliphatic carbocycles. The molecule has 0 aliphatic rings. The standard InChI is InChI=1S/C14H14ClN3O3/c1-7-3-4-10(9(15)5-7)17-14(21)18-11-6-8(2)16-12(11)13(19)20/h3-6,16H,1-2H3,(H,19,20)(H2,17,18,21). The molecule has 0 saturated heterocycles. The van der Waals surface area contributed by atoms with Gasteiger partial charge in [-0.05, 0) is 37.6 Å². The summed E-state index contributed by atoms with van der Waals surface area (Å²) in [6.07, 6.45) is 0. The molecule has 21 heavy (non-hydrogen) atoms. The number of carboxylic acids is 1. The lowest BCUT2D eigenvalue weighted by Gasteiger charge is -2.09. The lowest BCUT2D eigenvalue weighted by atomic mass is 10.2. The Bertz CT molecular complexity index is 709. The SMILES string of the molecule is Cc1ccc(NC(=O)Nc2cc(C)[nH]c2C(=O)O)c(Cl)c1. The molecule has 7 heteroatoms. The van der Waals surface area contributed by atoms with Gasteiger partial charge in [-0.3, -0.25) is 0 Å². The van der Waals surface area contributed by atoms with Gasteiger partial charge in [0.05, 0.1) is 16.4 Å². The predicted molar refractivity (Wildman–Crippen MR) is 81.3 cm³/mol. The molecule has 4 N–H and O–H groups in total. The van der Waals surface area contributed by atoms with Crippen LogP contribution in [0.4, 0.5) is 16.2 Å². The summed E-state index contributed by atoms with van der Waals surface area (Å²) in [6, 6.07) is 6.19. The Kier molecular flexibility index (Phi) is 4.18. The van der Waals surface area contributed by atoms with E-state index in [-0.39, 0.29) is 11.4 Å². The van der Waals surface area contributed by atoms with Gasteiger partial charge in [-0.2, -0.15) is 0 Å². The monoisotopic (exact) mass is 307 g/mol. The first-order chi connectivity index (χ1) is 9.86. The van der Waals surface area contributed by atoms with Crippen LogP contribution < -0.4 is 10.6 Å². The number of anilines is 2. The molecule has 0 spiro atoms. The first-order valence-corrected chi connectivity index (χ1v) is 6.51. The maximum atomic E-state index is 11.9. The highest BCUT2D eigenvalue weighted by atomic mass is 35.5. The van der Waals surface area contributed by atoms with Crippen LogP contribution in [0.3, 0.4) is 0 Å². The number of carboxylic acid groups (broad SMARTS) is 1. The number of urea groups is 1. The number of aromatic amines is 1. The number of halogens is 1. The molecule has 1 heterocycles. The summed E-state index contributed by atoms with van der Waals surface area (Å²) in [4.78, 5) is 25.6. The van der Waals surface area contributed by atoms with Crippen molar-refractivity contribution < 1.29 is 14.7 Å². The zero-order valence-corrected chi connectivity index (χ0v) is 12.2. The number of carbonyl (C=O) groups excluding carboxylic acids is 1. The van der Waals surface area contributed by atoms with Crippen LogP contribution in [0.25, 0.3) is 0 Å². The molecule has 0 aliphatic heterocycles. The van der Waals surface area contributed by atoms with Crippen LogP contribution in [-0.2, 0) is 0 Å². The molecule has 2 amide bonds. The van der Waals surface area contributed by atoms with Gasteiger partial charge in [0.15, 0.2) is 0 Å². The zero-order valence-electron chi connectivity index (χ0n) is 11.5. The number of nitrogens with one attached hydrogen (secondary N) is 3. The fourth-order valence-corrected chi connectivity index (χ4v) is 2.14. The van der Waals surface area contributed by atoms with E-state index in [0.717, 1.165) is 5.56 Å². The van der Waals surface area contributed by atoms with E-state index in [9.17, 15) is 9.59 Å². The lowest BCUT2D eigenvalue weighted by Crippen LogP contribution is -2.20. The van der Waals surface area contributed by atoms with Crippen LogP contribution in [0.1, 0.15) is 21.7 Å². The van der Waals surface area contributed by atoms with Crippen LogP contribution >= 0.6 is 11.6 Å². The highest BCUT2D eigenvalue weighted by Crippen LogP contribution is 2.23. The van der Waals surface area contributed by atoms with Gasteiger partial charge in [0.2, 0.25) is 0 Å². The molecule has 6 nitrogen and oxygen atoms in total. The number of benzene rings is 1. The van der Waals surface area contributed by atoms with Crippen LogP contribution in [-0.4, -0.2) is 22.1 Å². The Morgan fingerprint density at radius 1 is 1.14 bits per heavy atom. The van der Waals surface area contributed by atoms with Crippen LogP contribution in [0, 0.1) is 13.8 Å². The summed E-state index contributed by atoms with van der Waals surface area (Å²) >= 11 is 6.02. The fraction of sp³-hybridized carbons (Fsp3) is 0.143. The van der Waals surface area contributed by atoms with Crippen molar-refractivity contribution in [3.8, 4) is 0 Å². The molecule has 1 aromatic heterocycles. The highest BCUT2D eigenvalue weighted by molar-refractivity contribution is 6.33. The number of H-pyrrole nitrogens is 1. The number of hydrogen-bond acceptors (Lipinski definition) is 2. The van der Waals surface area contributed by atoms with Gasteiger partial charge in [0.1, 0.15) is 5.69 Å². The maximum absolute atomic E-state index is 11.9. The normalized spacial score (nSPS) is 10.2. The molecule has 0 fully saturated rings. The molecular weight excluding hydrogens is 294 g/mol. The van der Waals surface area contributed by atoms with E-state index in [4.69, 9.17) is 16.7 Å². The van der Waals surface area contributed by atoms with E-state index in [1.807, 2.05) is 13.0 Å². The molecule has 0 bridgehead atoms. The van der Waals surface area contributed by atoms with Crippen molar-refractivity contribution in [2.24, 2.45) is 0 Å². The number of amides is 2. The first kappa shape index (κ1) is 14.9. The summed E-state index contributed by atoms with van der Waals surface area (Å²) < 4.78 is 0. The van der Waals surface area contributed by atoms with Crippen molar-refractivity contribution in [1.82, 2.24) is 4.98 Å². The largest absolute Gasteiger partial charge is 0.477 e. The Hall–Kier alpha value is -2.47. The van der Waals surface area contributed by atoms with Gasteiger partial charge >= 0.3 is 12.0 Å². The van der Waals surface area contributed by atoms with Gasteiger partial charge < -0.3 is 20.7 Å². The van der Waals surface area contributed by atoms with E-state index in [2.05, 4.69) is 15.6 Å². The van der Waals surface area contributed by atoms with Crippen LogP contribution in [0.15, 0.2) is 24.3 Å². The van der Waals surface area contributed by atoms with E-state index in [1.54, 1.807) is 25.1 Å². The number of aromatic nitrogens is 1. The number of rotatable bonds is 3.